The summed E-state index contributed by atoms with van der Waals surface area (Å²) >= 11 is 3.42. The first-order valence-electron chi connectivity index (χ1n) is 7.04. The van der Waals surface area contributed by atoms with Crippen LogP contribution in [-0.4, -0.2) is 29.9 Å². The summed E-state index contributed by atoms with van der Waals surface area (Å²) in [5, 5.41) is 1.18. The first-order chi connectivity index (χ1) is 7.76. The predicted octanol–water partition coefficient (Wildman–Crippen LogP) is 5.09. The summed E-state index contributed by atoms with van der Waals surface area (Å²) in [4.78, 5) is 2.38. The smallest absolute Gasteiger partial charge is 0.00313 e. The molecular weight excluding hydrogens is 262 g/mol. The van der Waals surface area contributed by atoms with Gasteiger partial charge in [-0.3, -0.25) is 0 Å². The minimum Gasteiger partial charge on any atom is -0.304 e. The summed E-state index contributed by atoms with van der Waals surface area (Å²) in [5.41, 5.74) is 0. The molecule has 0 amide bonds. The molecule has 16 heavy (non-hydrogen) atoms. The lowest BCUT2D eigenvalue weighted by molar-refractivity contribution is 0.321. The van der Waals surface area contributed by atoms with Gasteiger partial charge in [-0.15, -0.1) is 0 Å². The first kappa shape index (κ1) is 18.8. The van der Waals surface area contributed by atoms with Crippen LogP contribution < -0.4 is 0 Å². The summed E-state index contributed by atoms with van der Waals surface area (Å²) in [5.74, 6) is 0. The Balaban J connectivity index is 0. The minimum atomic E-state index is 1.18. The summed E-state index contributed by atoms with van der Waals surface area (Å²) < 4.78 is 0. The van der Waals surface area contributed by atoms with Crippen molar-refractivity contribution in [2.75, 3.05) is 25.0 Å². The van der Waals surface area contributed by atoms with Gasteiger partial charge in [0.15, 0.2) is 0 Å². The molecule has 0 aromatic heterocycles. The Labute approximate surface area is 112 Å². The Morgan fingerprint density at radius 2 is 1.12 bits per heavy atom. The SMILES string of the molecule is CCCCCCCCBr.CCN(CC)CC. The molecule has 2 heteroatoms. The molecule has 1 nitrogen and oxygen atoms in total. The molecule has 0 fully saturated rings. The number of nitrogens with zero attached hydrogens (tertiary/aromatic N) is 1. The summed E-state index contributed by atoms with van der Waals surface area (Å²) in [6, 6.07) is 0. The van der Waals surface area contributed by atoms with E-state index in [1.165, 1.54) is 63.5 Å². The van der Waals surface area contributed by atoms with Gasteiger partial charge in [0.1, 0.15) is 0 Å². The van der Waals surface area contributed by atoms with Gasteiger partial charge in [0.05, 0.1) is 0 Å². The number of hydrogen-bond acceptors (Lipinski definition) is 1. The van der Waals surface area contributed by atoms with Crippen molar-refractivity contribution in [1.82, 2.24) is 4.90 Å². The van der Waals surface area contributed by atoms with E-state index in [1.807, 2.05) is 0 Å². The Bertz CT molecular complexity index is 91.4. The Hall–Kier alpha value is 0.440. The zero-order chi connectivity index (χ0) is 12.6. The van der Waals surface area contributed by atoms with Gasteiger partial charge >= 0.3 is 0 Å². The molecule has 0 atom stereocenters. The predicted molar refractivity (Wildman–Crippen MR) is 80.6 cm³/mol. The molecule has 0 spiro atoms. The molecule has 0 saturated heterocycles. The van der Waals surface area contributed by atoms with Crippen LogP contribution >= 0.6 is 15.9 Å². The van der Waals surface area contributed by atoms with Gasteiger partial charge < -0.3 is 4.90 Å². The lowest BCUT2D eigenvalue weighted by Crippen LogP contribution is -2.21. The van der Waals surface area contributed by atoms with Crippen molar-refractivity contribution in [3.05, 3.63) is 0 Å². The fourth-order valence-electron chi connectivity index (χ4n) is 1.55. The standard InChI is InChI=1S/C8H17Br.C6H15N/c1-2-3-4-5-6-7-8-9;1-4-7(5-2)6-3/h2-8H2,1H3;4-6H2,1-3H3. The number of unbranched alkanes of at least 4 members (excludes halogenated alkanes) is 5. The van der Waals surface area contributed by atoms with E-state index in [0.29, 0.717) is 0 Å². The molecule has 100 valence electrons. The van der Waals surface area contributed by atoms with E-state index >= 15 is 0 Å². The lowest BCUT2D eigenvalue weighted by Gasteiger charge is -2.13. The highest BCUT2D eigenvalue weighted by Crippen LogP contribution is 2.05. The molecule has 0 bridgehead atoms. The van der Waals surface area contributed by atoms with E-state index in [0.717, 1.165) is 0 Å². The molecule has 0 aromatic rings. The van der Waals surface area contributed by atoms with Crippen LogP contribution in [0, 0.1) is 0 Å². The van der Waals surface area contributed by atoms with E-state index < -0.39 is 0 Å². The highest BCUT2D eigenvalue weighted by atomic mass is 79.9. The second-order valence-electron chi connectivity index (χ2n) is 4.08. The van der Waals surface area contributed by atoms with Crippen LogP contribution in [-0.2, 0) is 0 Å². The molecule has 0 aliphatic rings. The molecule has 0 N–H and O–H groups in total. The van der Waals surface area contributed by atoms with Gasteiger partial charge in [0.25, 0.3) is 0 Å². The van der Waals surface area contributed by atoms with Crippen molar-refractivity contribution in [2.45, 2.75) is 66.2 Å². The fourth-order valence-corrected chi connectivity index (χ4v) is 1.94. The molecule has 0 radical (unpaired) electrons. The van der Waals surface area contributed by atoms with E-state index in [4.69, 9.17) is 0 Å². The normalized spacial score (nSPS) is 10.1. The van der Waals surface area contributed by atoms with E-state index in [1.54, 1.807) is 0 Å². The van der Waals surface area contributed by atoms with Crippen molar-refractivity contribution in [3.8, 4) is 0 Å². The van der Waals surface area contributed by atoms with Crippen molar-refractivity contribution >= 4 is 15.9 Å². The average Bonchev–Trinajstić information content (AvgIpc) is 2.32. The maximum atomic E-state index is 3.42. The molecule has 0 aliphatic carbocycles. The maximum Gasteiger partial charge on any atom is 0.00313 e. The monoisotopic (exact) mass is 293 g/mol. The quantitative estimate of drug-likeness (QED) is 0.423. The van der Waals surface area contributed by atoms with Crippen molar-refractivity contribution < 1.29 is 0 Å². The van der Waals surface area contributed by atoms with Crippen LogP contribution in [0.1, 0.15) is 66.2 Å². The second kappa shape index (κ2) is 17.8. The maximum absolute atomic E-state index is 3.42. The number of rotatable bonds is 9. The van der Waals surface area contributed by atoms with Crippen LogP contribution in [0.5, 0.6) is 0 Å². The molecule has 0 aromatic carbocycles. The van der Waals surface area contributed by atoms with Crippen LogP contribution in [0.25, 0.3) is 0 Å². The molecule has 0 unspecified atom stereocenters. The highest BCUT2D eigenvalue weighted by Gasteiger charge is 1.89. The van der Waals surface area contributed by atoms with Gasteiger partial charge in [-0.05, 0) is 26.1 Å². The number of hydrogen-bond donors (Lipinski definition) is 0. The second-order valence-corrected chi connectivity index (χ2v) is 4.87. The fraction of sp³-hybridized carbons (Fsp3) is 1.00. The van der Waals surface area contributed by atoms with Crippen molar-refractivity contribution in [1.29, 1.82) is 0 Å². The summed E-state index contributed by atoms with van der Waals surface area (Å²) in [7, 11) is 0. The number of alkyl halides is 1. The topological polar surface area (TPSA) is 3.24 Å². The van der Waals surface area contributed by atoms with Crippen LogP contribution in [0.4, 0.5) is 0 Å². The van der Waals surface area contributed by atoms with E-state index in [9.17, 15) is 0 Å². The molecular formula is C14H32BrN. The van der Waals surface area contributed by atoms with Gasteiger partial charge in [0.2, 0.25) is 0 Å². The first-order valence-corrected chi connectivity index (χ1v) is 8.17. The zero-order valence-electron chi connectivity index (χ0n) is 11.9. The van der Waals surface area contributed by atoms with Crippen LogP contribution in [0.15, 0.2) is 0 Å². The highest BCUT2D eigenvalue weighted by molar-refractivity contribution is 9.09. The summed E-state index contributed by atoms with van der Waals surface area (Å²) in [6.07, 6.45) is 8.40. The third kappa shape index (κ3) is 16.9. The van der Waals surface area contributed by atoms with Gasteiger partial charge in [-0.2, -0.15) is 0 Å². The molecule has 0 aliphatic heterocycles. The van der Waals surface area contributed by atoms with Crippen molar-refractivity contribution in [2.24, 2.45) is 0 Å². The number of halogens is 1. The van der Waals surface area contributed by atoms with E-state index in [-0.39, 0.29) is 0 Å². The van der Waals surface area contributed by atoms with Gasteiger partial charge in [-0.25, -0.2) is 0 Å². The van der Waals surface area contributed by atoms with E-state index in [2.05, 4.69) is 48.5 Å². The van der Waals surface area contributed by atoms with Gasteiger partial charge in [-0.1, -0.05) is 75.7 Å². The third-order valence-electron chi connectivity index (χ3n) is 2.83. The van der Waals surface area contributed by atoms with Crippen LogP contribution in [0.3, 0.4) is 0 Å². The largest absolute Gasteiger partial charge is 0.304 e. The third-order valence-corrected chi connectivity index (χ3v) is 3.39. The van der Waals surface area contributed by atoms with Gasteiger partial charge in [0, 0.05) is 5.33 Å². The Kier molecular flexibility index (Phi) is 20.9. The minimum absolute atomic E-state index is 1.18. The Morgan fingerprint density at radius 1 is 0.688 bits per heavy atom. The Morgan fingerprint density at radius 3 is 1.44 bits per heavy atom. The molecule has 0 saturated carbocycles. The van der Waals surface area contributed by atoms with Crippen molar-refractivity contribution in [3.63, 3.8) is 0 Å². The zero-order valence-corrected chi connectivity index (χ0v) is 13.5. The lowest BCUT2D eigenvalue weighted by atomic mass is 10.1. The molecule has 0 rings (SSSR count). The average molecular weight is 294 g/mol. The summed E-state index contributed by atoms with van der Waals surface area (Å²) in [6.45, 7) is 12.4. The molecule has 0 heterocycles. The van der Waals surface area contributed by atoms with Crippen LogP contribution in [0.2, 0.25) is 0 Å².